The van der Waals surface area contributed by atoms with Gasteiger partial charge >= 0.3 is 0 Å². The number of sulfonamides is 1. The Kier molecular flexibility index (Phi) is 6.02. The molecule has 0 fully saturated rings. The van der Waals surface area contributed by atoms with Gasteiger partial charge in [0.25, 0.3) is 0 Å². The maximum Gasteiger partial charge on any atom is 0.243 e. The molecular formula is C15H26N2O2S. The highest BCUT2D eigenvalue weighted by molar-refractivity contribution is 7.89. The van der Waals surface area contributed by atoms with Gasteiger partial charge in [0.05, 0.1) is 4.90 Å². The molecule has 0 bridgehead atoms. The summed E-state index contributed by atoms with van der Waals surface area (Å²) in [6.45, 7) is 11.5. The van der Waals surface area contributed by atoms with Crippen LogP contribution in [0.3, 0.4) is 0 Å². The summed E-state index contributed by atoms with van der Waals surface area (Å²) in [5.74, 6) is 0. The third-order valence-corrected chi connectivity index (χ3v) is 5.55. The molecule has 0 aliphatic rings. The molecule has 0 aliphatic carbocycles. The van der Waals surface area contributed by atoms with Crippen molar-refractivity contribution >= 4 is 15.7 Å². The molecule has 0 saturated heterocycles. The second-order valence-corrected chi connectivity index (χ2v) is 6.84. The highest BCUT2D eigenvalue weighted by Gasteiger charge is 2.26. The van der Waals surface area contributed by atoms with Gasteiger partial charge in [0, 0.05) is 25.3 Å². The summed E-state index contributed by atoms with van der Waals surface area (Å²) in [4.78, 5) is 0.453. The molecule has 5 heteroatoms. The van der Waals surface area contributed by atoms with Crippen LogP contribution in [0, 0.1) is 13.8 Å². The Morgan fingerprint density at radius 1 is 1.10 bits per heavy atom. The van der Waals surface area contributed by atoms with Gasteiger partial charge in [0.1, 0.15) is 0 Å². The molecule has 0 aliphatic heterocycles. The van der Waals surface area contributed by atoms with Gasteiger partial charge in [0.15, 0.2) is 0 Å². The van der Waals surface area contributed by atoms with E-state index < -0.39 is 10.0 Å². The van der Waals surface area contributed by atoms with Crippen LogP contribution < -0.4 is 5.32 Å². The number of hydrogen-bond donors (Lipinski definition) is 1. The predicted octanol–water partition coefficient (Wildman–Crippen LogP) is 3.16. The minimum atomic E-state index is -3.40. The number of rotatable bonds is 7. The SMILES string of the molecule is CCCN(CC)S(=O)(=O)c1c(C)cc(NCC)cc1C. The van der Waals surface area contributed by atoms with E-state index in [1.165, 1.54) is 0 Å². The van der Waals surface area contributed by atoms with Gasteiger partial charge in [-0.3, -0.25) is 0 Å². The lowest BCUT2D eigenvalue weighted by atomic mass is 10.1. The number of nitrogens with one attached hydrogen (secondary N) is 1. The first-order valence-corrected chi connectivity index (χ1v) is 8.67. The van der Waals surface area contributed by atoms with Crippen LogP contribution in [-0.4, -0.2) is 32.4 Å². The van der Waals surface area contributed by atoms with Gasteiger partial charge in [-0.1, -0.05) is 13.8 Å². The zero-order valence-electron chi connectivity index (χ0n) is 13.2. The van der Waals surface area contributed by atoms with E-state index in [-0.39, 0.29) is 0 Å². The van der Waals surface area contributed by atoms with Gasteiger partial charge in [0.2, 0.25) is 10.0 Å². The number of anilines is 1. The molecule has 1 aromatic carbocycles. The van der Waals surface area contributed by atoms with Crippen LogP contribution in [0.15, 0.2) is 17.0 Å². The average Bonchev–Trinajstić information content (AvgIpc) is 2.34. The molecule has 0 atom stereocenters. The predicted molar refractivity (Wildman–Crippen MR) is 84.8 cm³/mol. The van der Waals surface area contributed by atoms with E-state index in [0.29, 0.717) is 18.0 Å². The van der Waals surface area contributed by atoms with Crippen molar-refractivity contribution in [3.63, 3.8) is 0 Å². The molecule has 0 aromatic heterocycles. The summed E-state index contributed by atoms with van der Waals surface area (Å²) in [6.07, 6.45) is 0.820. The Balaban J connectivity index is 3.31. The van der Waals surface area contributed by atoms with Crippen LogP contribution in [0.1, 0.15) is 38.3 Å². The summed E-state index contributed by atoms with van der Waals surface area (Å²) in [6, 6.07) is 3.81. The van der Waals surface area contributed by atoms with Crippen molar-refractivity contribution in [3.05, 3.63) is 23.3 Å². The first-order chi connectivity index (χ1) is 9.38. The minimum Gasteiger partial charge on any atom is -0.385 e. The van der Waals surface area contributed by atoms with E-state index in [1.807, 2.05) is 46.8 Å². The molecule has 0 saturated carbocycles. The van der Waals surface area contributed by atoms with E-state index >= 15 is 0 Å². The zero-order valence-corrected chi connectivity index (χ0v) is 14.0. The van der Waals surface area contributed by atoms with Gasteiger partial charge in [-0.15, -0.1) is 0 Å². The van der Waals surface area contributed by atoms with E-state index in [9.17, 15) is 8.42 Å². The third kappa shape index (κ3) is 3.52. The molecule has 0 radical (unpaired) electrons. The molecule has 114 valence electrons. The Hall–Kier alpha value is -1.07. The van der Waals surface area contributed by atoms with Crippen molar-refractivity contribution < 1.29 is 8.42 Å². The van der Waals surface area contributed by atoms with Crippen LogP contribution in [0.5, 0.6) is 0 Å². The molecule has 4 nitrogen and oxygen atoms in total. The average molecular weight is 298 g/mol. The Morgan fingerprint density at radius 2 is 1.65 bits per heavy atom. The smallest absolute Gasteiger partial charge is 0.243 e. The van der Waals surface area contributed by atoms with Crippen LogP contribution in [0.25, 0.3) is 0 Å². The molecule has 0 amide bonds. The highest BCUT2D eigenvalue weighted by Crippen LogP contribution is 2.27. The maximum atomic E-state index is 12.8. The molecule has 0 spiro atoms. The molecule has 20 heavy (non-hydrogen) atoms. The second-order valence-electron chi connectivity index (χ2n) is 4.97. The highest BCUT2D eigenvalue weighted by atomic mass is 32.2. The van der Waals surface area contributed by atoms with Crippen LogP contribution in [0.2, 0.25) is 0 Å². The van der Waals surface area contributed by atoms with Gasteiger partial charge < -0.3 is 5.32 Å². The molecule has 0 unspecified atom stereocenters. The quantitative estimate of drug-likeness (QED) is 0.841. The maximum absolute atomic E-state index is 12.8. The van der Waals surface area contributed by atoms with Crippen LogP contribution in [0.4, 0.5) is 5.69 Å². The fourth-order valence-electron chi connectivity index (χ4n) is 2.49. The summed E-state index contributed by atoms with van der Waals surface area (Å²) >= 11 is 0. The fourth-order valence-corrected chi connectivity index (χ4v) is 4.44. The number of aryl methyl sites for hydroxylation is 2. The van der Waals surface area contributed by atoms with Crippen molar-refractivity contribution in [1.82, 2.24) is 4.31 Å². The molecule has 1 rings (SSSR count). The molecule has 1 N–H and O–H groups in total. The standard InChI is InChI=1S/C15H26N2O2S/c1-6-9-17(8-3)20(18,19)15-12(4)10-14(16-7-2)11-13(15)5/h10-11,16H,6-9H2,1-5H3. The van der Waals surface area contributed by atoms with Crippen molar-refractivity contribution in [2.45, 2.75) is 45.9 Å². The summed E-state index contributed by atoms with van der Waals surface area (Å²) in [5, 5.41) is 3.23. The lowest BCUT2D eigenvalue weighted by Crippen LogP contribution is -2.32. The summed E-state index contributed by atoms with van der Waals surface area (Å²) in [7, 11) is -3.40. The Labute approximate surface area is 123 Å². The topological polar surface area (TPSA) is 49.4 Å². The van der Waals surface area contributed by atoms with Gasteiger partial charge in [-0.05, 0) is 50.5 Å². The molecule has 0 heterocycles. The van der Waals surface area contributed by atoms with Crippen molar-refractivity contribution in [2.24, 2.45) is 0 Å². The number of nitrogens with zero attached hydrogens (tertiary/aromatic N) is 1. The number of hydrogen-bond acceptors (Lipinski definition) is 3. The van der Waals surface area contributed by atoms with Crippen molar-refractivity contribution in [3.8, 4) is 0 Å². The zero-order chi connectivity index (χ0) is 15.3. The first-order valence-electron chi connectivity index (χ1n) is 7.23. The second kappa shape index (κ2) is 7.09. The van der Waals surface area contributed by atoms with E-state index in [1.54, 1.807) is 4.31 Å². The van der Waals surface area contributed by atoms with E-state index in [4.69, 9.17) is 0 Å². The largest absolute Gasteiger partial charge is 0.385 e. The minimum absolute atomic E-state index is 0.453. The van der Waals surface area contributed by atoms with Crippen LogP contribution >= 0.6 is 0 Å². The molecule has 1 aromatic rings. The Morgan fingerprint density at radius 3 is 2.05 bits per heavy atom. The summed E-state index contributed by atoms with van der Waals surface area (Å²) in [5.41, 5.74) is 2.57. The first kappa shape index (κ1) is 17.0. The van der Waals surface area contributed by atoms with Crippen molar-refractivity contribution in [1.29, 1.82) is 0 Å². The molecular weight excluding hydrogens is 272 g/mol. The lowest BCUT2D eigenvalue weighted by Gasteiger charge is -2.23. The van der Waals surface area contributed by atoms with Gasteiger partial charge in [-0.25, -0.2) is 8.42 Å². The number of benzene rings is 1. The lowest BCUT2D eigenvalue weighted by molar-refractivity contribution is 0.426. The van der Waals surface area contributed by atoms with Crippen LogP contribution in [-0.2, 0) is 10.0 Å². The Bertz CT molecular complexity index is 530. The normalized spacial score (nSPS) is 11.9. The monoisotopic (exact) mass is 298 g/mol. The summed E-state index contributed by atoms with van der Waals surface area (Å²) < 4.78 is 27.1. The van der Waals surface area contributed by atoms with E-state index in [0.717, 1.165) is 29.8 Å². The fraction of sp³-hybridized carbons (Fsp3) is 0.600. The third-order valence-electron chi connectivity index (χ3n) is 3.26. The van der Waals surface area contributed by atoms with E-state index in [2.05, 4.69) is 5.32 Å². The van der Waals surface area contributed by atoms with Crippen molar-refractivity contribution in [2.75, 3.05) is 25.0 Å². The van der Waals surface area contributed by atoms with Gasteiger partial charge in [-0.2, -0.15) is 4.31 Å².